The second-order valence-corrected chi connectivity index (χ2v) is 5.19. The molecular formula is C17H19ClN2O3. The van der Waals surface area contributed by atoms with Crippen molar-refractivity contribution in [2.75, 3.05) is 26.8 Å². The van der Waals surface area contributed by atoms with Crippen molar-refractivity contribution < 1.29 is 14.2 Å². The summed E-state index contributed by atoms with van der Waals surface area (Å²) in [6.45, 7) is 1.95. The first kappa shape index (κ1) is 17.0. The topological polar surface area (TPSA) is 52.1 Å². The van der Waals surface area contributed by atoms with Gasteiger partial charge in [0.15, 0.2) is 0 Å². The Morgan fingerprint density at radius 1 is 1.00 bits per heavy atom. The quantitative estimate of drug-likeness (QED) is 0.637. The number of nitrogens with one attached hydrogen (secondary N) is 1. The Morgan fingerprint density at radius 2 is 1.65 bits per heavy atom. The van der Waals surface area contributed by atoms with Crippen molar-refractivity contribution >= 4 is 23.5 Å². The minimum atomic E-state index is 0.605. The molecule has 0 radical (unpaired) electrons. The lowest BCUT2D eigenvalue weighted by Gasteiger charge is -2.12. The summed E-state index contributed by atoms with van der Waals surface area (Å²) >= 11 is 6.09. The van der Waals surface area contributed by atoms with Gasteiger partial charge in [-0.1, -0.05) is 17.7 Å². The molecule has 0 amide bonds. The van der Waals surface area contributed by atoms with Crippen LogP contribution < -0.4 is 19.6 Å². The highest BCUT2D eigenvalue weighted by Gasteiger charge is 2.11. The van der Waals surface area contributed by atoms with E-state index >= 15 is 0 Å². The molecule has 0 bridgehead atoms. The first-order valence-corrected chi connectivity index (χ1v) is 7.32. The standard InChI is InChI=1S/C17H19ClN2O3/c1-11-5-6-12(7-15(11)18)20-19-10-14-16(22-3)8-13(21-2)9-17(14)23-4/h5-10,20H,1-4H3/b19-10-. The van der Waals surface area contributed by atoms with Gasteiger partial charge in [-0.25, -0.2) is 0 Å². The highest BCUT2D eigenvalue weighted by Crippen LogP contribution is 2.32. The van der Waals surface area contributed by atoms with Crippen LogP contribution in [-0.4, -0.2) is 27.5 Å². The second-order valence-electron chi connectivity index (χ2n) is 4.78. The minimum absolute atomic E-state index is 0.605. The van der Waals surface area contributed by atoms with E-state index in [-0.39, 0.29) is 0 Å². The first-order chi connectivity index (χ1) is 11.1. The van der Waals surface area contributed by atoms with Crippen LogP contribution in [0.25, 0.3) is 0 Å². The smallest absolute Gasteiger partial charge is 0.135 e. The molecule has 23 heavy (non-hydrogen) atoms. The molecule has 0 heterocycles. The molecule has 0 aliphatic rings. The number of anilines is 1. The monoisotopic (exact) mass is 334 g/mol. The van der Waals surface area contributed by atoms with Gasteiger partial charge in [0, 0.05) is 17.2 Å². The van der Waals surface area contributed by atoms with E-state index in [1.807, 2.05) is 25.1 Å². The summed E-state index contributed by atoms with van der Waals surface area (Å²) in [5.41, 5.74) is 5.45. The van der Waals surface area contributed by atoms with Crippen LogP contribution in [0.15, 0.2) is 35.4 Å². The summed E-state index contributed by atoms with van der Waals surface area (Å²) < 4.78 is 16.0. The molecule has 0 fully saturated rings. The van der Waals surface area contributed by atoms with Crippen molar-refractivity contribution in [1.29, 1.82) is 0 Å². The van der Waals surface area contributed by atoms with Crippen molar-refractivity contribution in [2.24, 2.45) is 5.10 Å². The molecule has 0 unspecified atom stereocenters. The molecule has 6 heteroatoms. The van der Waals surface area contributed by atoms with Crippen LogP contribution in [0.3, 0.4) is 0 Å². The summed E-state index contributed by atoms with van der Waals surface area (Å²) in [5.74, 6) is 1.86. The molecule has 1 N–H and O–H groups in total. The Morgan fingerprint density at radius 3 is 2.17 bits per heavy atom. The van der Waals surface area contributed by atoms with Crippen LogP contribution in [0.2, 0.25) is 5.02 Å². The summed E-state index contributed by atoms with van der Waals surface area (Å²) in [6, 6.07) is 9.19. The van der Waals surface area contributed by atoms with E-state index in [0.717, 1.165) is 11.3 Å². The predicted molar refractivity (Wildman–Crippen MR) is 93.5 cm³/mol. The number of ether oxygens (including phenoxy) is 3. The van der Waals surface area contributed by atoms with Gasteiger partial charge in [-0.3, -0.25) is 5.43 Å². The van der Waals surface area contributed by atoms with Gasteiger partial charge in [0.05, 0.1) is 38.8 Å². The van der Waals surface area contributed by atoms with Crippen molar-refractivity contribution in [1.82, 2.24) is 0 Å². The van der Waals surface area contributed by atoms with Crippen LogP contribution >= 0.6 is 11.6 Å². The van der Waals surface area contributed by atoms with E-state index in [4.69, 9.17) is 25.8 Å². The third-order valence-corrected chi connectivity index (χ3v) is 3.72. The summed E-state index contributed by atoms with van der Waals surface area (Å²) in [7, 11) is 4.75. The maximum absolute atomic E-state index is 6.09. The van der Waals surface area contributed by atoms with Gasteiger partial charge in [0.2, 0.25) is 0 Å². The average Bonchev–Trinajstić information content (AvgIpc) is 2.57. The van der Waals surface area contributed by atoms with Gasteiger partial charge in [-0.05, 0) is 24.6 Å². The molecule has 0 aliphatic carbocycles. The Bertz CT molecular complexity index is 692. The van der Waals surface area contributed by atoms with E-state index in [1.165, 1.54) is 0 Å². The molecule has 0 atom stereocenters. The number of hydrazone groups is 1. The normalized spacial score (nSPS) is 10.7. The molecule has 0 saturated carbocycles. The Labute approximate surface area is 140 Å². The Balaban J connectivity index is 2.25. The fraction of sp³-hybridized carbons (Fsp3) is 0.235. The number of methoxy groups -OCH3 is 3. The number of halogens is 1. The number of rotatable bonds is 6. The van der Waals surface area contributed by atoms with Gasteiger partial charge >= 0.3 is 0 Å². The van der Waals surface area contributed by atoms with Crippen LogP contribution in [0.5, 0.6) is 17.2 Å². The van der Waals surface area contributed by atoms with Crippen molar-refractivity contribution in [3.8, 4) is 17.2 Å². The SMILES string of the molecule is COc1cc(OC)c(/C=N\Nc2ccc(C)c(Cl)c2)c(OC)c1. The van der Waals surface area contributed by atoms with E-state index in [0.29, 0.717) is 27.8 Å². The van der Waals surface area contributed by atoms with Crippen molar-refractivity contribution in [3.05, 3.63) is 46.5 Å². The third kappa shape index (κ3) is 4.07. The fourth-order valence-corrected chi connectivity index (χ4v) is 2.17. The highest BCUT2D eigenvalue weighted by molar-refractivity contribution is 6.31. The van der Waals surface area contributed by atoms with Gasteiger partial charge in [-0.15, -0.1) is 0 Å². The zero-order valence-electron chi connectivity index (χ0n) is 13.5. The van der Waals surface area contributed by atoms with E-state index in [2.05, 4.69) is 10.5 Å². The molecule has 0 aliphatic heterocycles. The molecule has 2 aromatic carbocycles. The molecule has 0 aromatic heterocycles. The largest absolute Gasteiger partial charge is 0.496 e. The second kappa shape index (κ2) is 7.74. The minimum Gasteiger partial charge on any atom is -0.496 e. The Kier molecular flexibility index (Phi) is 5.71. The molecule has 122 valence electrons. The Hall–Kier alpha value is -2.40. The number of benzene rings is 2. The maximum Gasteiger partial charge on any atom is 0.135 e. The highest BCUT2D eigenvalue weighted by atomic mass is 35.5. The zero-order valence-corrected chi connectivity index (χ0v) is 14.3. The van der Waals surface area contributed by atoms with Crippen molar-refractivity contribution in [3.63, 3.8) is 0 Å². The molecule has 5 nitrogen and oxygen atoms in total. The van der Waals surface area contributed by atoms with Gasteiger partial charge in [0.1, 0.15) is 17.2 Å². The number of aryl methyl sites for hydroxylation is 1. The van der Waals surface area contributed by atoms with Crippen molar-refractivity contribution in [2.45, 2.75) is 6.92 Å². The number of hydrogen-bond acceptors (Lipinski definition) is 5. The lowest BCUT2D eigenvalue weighted by Crippen LogP contribution is -1.99. The molecule has 0 spiro atoms. The fourth-order valence-electron chi connectivity index (χ4n) is 1.99. The molecule has 2 aromatic rings. The van der Waals surface area contributed by atoms with Gasteiger partial charge < -0.3 is 14.2 Å². The third-order valence-electron chi connectivity index (χ3n) is 3.31. The molecule has 2 rings (SSSR count). The number of hydrogen-bond donors (Lipinski definition) is 1. The van der Waals surface area contributed by atoms with Crippen LogP contribution in [0.4, 0.5) is 5.69 Å². The van der Waals surface area contributed by atoms with Gasteiger partial charge in [0.25, 0.3) is 0 Å². The lowest BCUT2D eigenvalue weighted by molar-refractivity contribution is 0.374. The molecular weight excluding hydrogens is 316 g/mol. The van der Waals surface area contributed by atoms with E-state index in [1.54, 1.807) is 39.7 Å². The summed E-state index contributed by atoms with van der Waals surface area (Å²) in [6.07, 6.45) is 1.63. The maximum atomic E-state index is 6.09. The first-order valence-electron chi connectivity index (χ1n) is 6.94. The summed E-state index contributed by atoms with van der Waals surface area (Å²) in [4.78, 5) is 0. The summed E-state index contributed by atoms with van der Waals surface area (Å²) in [5, 5.41) is 4.91. The van der Waals surface area contributed by atoms with E-state index < -0.39 is 0 Å². The zero-order chi connectivity index (χ0) is 16.8. The van der Waals surface area contributed by atoms with Gasteiger partial charge in [-0.2, -0.15) is 5.10 Å². The molecule has 0 saturated heterocycles. The van der Waals surface area contributed by atoms with Crippen LogP contribution in [0.1, 0.15) is 11.1 Å². The van der Waals surface area contributed by atoms with Crippen LogP contribution in [0, 0.1) is 6.92 Å². The predicted octanol–water partition coefficient (Wildman–Crippen LogP) is 4.12. The average molecular weight is 335 g/mol. The lowest BCUT2D eigenvalue weighted by atomic mass is 10.2. The number of nitrogens with zero attached hydrogens (tertiary/aromatic N) is 1. The van der Waals surface area contributed by atoms with Crippen LogP contribution in [-0.2, 0) is 0 Å². The van der Waals surface area contributed by atoms with E-state index in [9.17, 15) is 0 Å².